The summed E-state index contributed by atoms with van der Waals surface area (Å²) < 4.78 is 80.3. The Morgan fingerprint density at radius 1 is 1.06 bits per heavy atom. The Hall–Kier alpha value is -3.00. The van der Waals surface area contributed by atoms with Crippen LogP contribution in [0.25, 0.3) is 11.1 Å². The largest absolute Gasteiger partial charge is 0.416 e. The molecule has 1 saturated heterocycles. The van der Waals surface area contributed by atoms with Gasteiger partial charge >= 0.3 is 12.4 Å². The zero-order valence-corrected chi connectivity index (χ0v) is 20.8. The van der Waals surface area contributed by atoms with Gasteiger partial charge in [0.25, 0.3) is 0 Å². The van der Waals surface area contributed by atoms with Crippen LogP contribution >= 0.6 is 0 Å². The van der Waals surface area contributed by atoms with E-state index in [2.05, 4.69) is 30.3 Å². The van der Waals surface area contributed by atoms with Crippen LogP contribution < -0.4 is 5.32 Å². The van der Waals surface area contributed by atoms with Crippen molar-refractivity contribution >= 4 is 5.69 Å². The second-order valence-electron chi connectivity index (χ2n) is 9.43. The number of likely N-dealkylation sites (tertiary alicyclic amines) is 1. The number of aryl methyl sites for hydroxylation is 1. The molecule has 2 aromatic carbocycles. The van der Waals surface area contributed by atoms with Crippen molar-refractivity contribution in [2.24, 2.45) is 0 Å². The van der Waals surface area contributed by atoms with Crippen LogP contribution in [0.2, 0.25) is 0 Å². The third kappa shape index (κ3) is 5.38. The summed E-state index contributed by atoms with van der Waals surface area (Å²) in [5.74, 6) is 0. The summed E-state index contributed by atoms with van der Waals surface area (Å²) in [4.78, 5) is 2.24. The average Bonchev–Trinajstić information content (AvgIpc) is 3.12. The lowest BCUT2D eigenvalue weighted by atomic mass is 9.86. The molecule has 1 N–H and O–H groups in total. The number of nitrogens with zero attached hydrogens (tertiary/aromatic N) is 1. The summed E-state index contributed by atoms with van der Waals surface area (Å²) in [6.07, 6.45) is -5.54. The highest BCUT2D eigenvalue weighted by atomic mass is 19.4. The van der Waals surface area contributed by atoms with Gasteiger partial charge in [-0.05, 0) is 93.7 Å². The number of allylic oxidation sites excluding steroid dienone is 1. The summed E-state index contributed by atoms with van der Waals surface area (Å²) in [6.45, 7) is 14.4. The van der Waals surface area contributed by atoms with E-state index in [9.17, 15) is 26.3 Å². The zero-order valence-electron chi connectivity index (χ0n) is 20.8. The summed E-state index contributed by atoms with van der Waals surface area (Å²) in [5.41, 5.74) is 0.801. The maximum atomic E-state index is 13.5. The number of halogens is 6. The Balaban J connectivity index is 2.09. The molecule has 36 heavy (non-hydrogen) atoms. The molecule has 1 aliphatic rings. The van der Waals surface area contributed by atoms with Crippen LogP contribution in [0.4, 0.5) is 32.0 Å². The van der Waals surface area contributed by atoms with Crippen LogP contribution in [0.15, 0.2) is 72.5 Å². The molecule has 2 nitrogen and oxygen atoms in total. The lowest BCUT2D eigenvalue weighted by molar-refractivity contribution is -0.138. The number of nitrogens with one attached hydrogen (secondary N) is 1. The highest BCUT2D eigenvalue weighted by Crippen LogP contribution is 2.41. The molecule has 0 aromatic heterocycles. The number of rotatable bonds is 6. The molecule has 3 rings (SSSR count). The van der Waals surface area contributed by atoms with Gasteiger partial charge in [0.15, 0.2) is 0 Å². The fourth-order valence-corrected chi connectivity index (χ4v) is 4.81. The van der Waals surface area contributed by atoms with Crippen LogP contribution in [0.1, 0.15) is 43.4 Å². The minimum Gasteiger partial charge on any atom is -0.355 e. The maximum Gasteiger partial charge on any atom is 0.416 e. The lowest BCUT2D eigenvalue weighted by Crippen LogP contribution is -2.40. The molecular formula is C28H30F6N2. The summed E-state index contributed by atoms with van der Waals surface area (Å²) in [7, 11) is 2.04. The van der Waals surface area contributed by atoms with Gasteiger partial charge in [-0.3, -0.25) is 4.90 Å². The number of hydrogen-bond acceptors (Lipinski definition) is 2. The van der Waals surface area contributed by atoms with Gasteiger partial charge in [0.2, 0.25) is 0 Å². The average molecular weight is 509 g/mol. The van der Waals surface area contributed by atoms with Gasteiger partial charge in [-0.2, -0.15) is 26.3 Å². The van der Waals surface area contributed by atoms with E-state index in [-0.39, 0.29) is 22.2 Å². The van der Waals surface area contributed by atoms with Gasteiger partial charge < -0.3 is 5.32 Å². The molecular weight excluding hydrogens is 478 g/mol. The fraction of sp³-hybridized carbons (Fsp3) is 0.357. The molecule has 194 valence electrons. The van der Waals surface area contributed by atoms with Crippen LogP contribution in [-0.2, 0) is 12.4 Å². The van der Waals surface area contributed by atoms with Crippen molar-refractivity contribution in [3.63, 3.8) is 0 Å². The minimum atomic E-state index is -4.62. The molecule has 1 unspecified atom stereocenters. The van der Waals surface area contributed by atoms with Crippen molar-refractivity contribution in [3.8, 4) is 11.1 Å². The van der Waals surface area contributed by atoms with Gasteiger partial charge in [0.1, 0.15) is 0 Å². The Labute approximate surface area is 208 Å². The molecule has 0 spiro atoms. The monoisotopic (exact) mass is 508 g/mol. The molecule has 1 aliphatic heterocycles. The van der Waals surface area contributed by atoms with Gasteiger partial charge in [-0.25, -0.2) is 0 Å². The molecule has 0 radical (unpaired) electrons. The molecule has 0 saturated carbocycles. The highest BCUT2D eigenvalue weighted by Gasteiger charge is 2.37. The van der Waals surface area contributed by atoms with Crippen LogP contribution in [-0.4, -0.2) is 24.0 Å². The Kier molecular flexibility index (Phi) is 7.51. The third-order valence-corrected chi connectivity index (χ3v) is 7.22. The van der Waals surface area contributed by atoms with E-state index in [1.165, 1.54) is 25.1 Å². The van der Waals surface area contributed by atoms with Gasteiger partial charge in [-0.15, -0.1) is 0 Å². The summed E-state index contributed by atoms with van der Waals surface area (Å²) >= 11 is 0. The zero-order chi connectivity index (χ0) is 27.1. The quantitative estimate of drug-likeness (QED) is 0.310. The molecule has 1 heterocycles. The van der Waals surface area contributed by atoms with Crippen molar-refractivity contribution in [1.82, 2.24) is 4.90 Å². The van der Waals surface area contributed by atoms with Crippen molar-refractivity contribution in [3.05, 3.63) is 89.2 Å². The third-order valence-electron chi connectivity index (χ3n) is 7.22. The highest BCUT2D eigenvalue weighted by molar-refractivity contribution is 5.81. The Morgan fingerprint density at radius 2 is 1.72 bits per heavy atom. The lowest BCUT2D eigenvalue weighted by Gasteiger charge is -2.35. The van der Waals surface area contributed by atoms with Crippen molar-refractivity contribution in [2.75, 3.05) is 18.9 Å². The minimum absolute atomic E-state index is 0.0816. The van der Waals surface area contributed by atoms with Crippen molar-refractivity contribution < 1.29 is 26.3 Å². The summed E-state index contributed by atoms with van der Waals surface area (Å²) in [5, 5.41) is 3.11. The predicted octanol–water partition coefficient (Wildman–Crippen LogP) is 8.61. The van der Waals surface area contributed by atoms with Gasteiger partial charge in [-0.1, -0.05) is 31.4 Å². The van der Waals surface area contributed by atoms with Crippen LogP contribution in [0.3, 0.4) is 0 Å². The fourth-order valence-electron chi connectivity index (χ4n) is 4.81. The van der Waals surface area contributed by atoms with E-state index in [1.807, 2.05) is 14.0 Å². The first-order valence-corrected chi connectivity index (χ1v) is 11.5. The number of likely N-dealkylation sites (N-methyl/N-ethyl adjacent to an activating group) is 1. The molecule has 0 amide bonds. The number of anilines is 1. The molecule has 0 aliphatic carbocycles. The van der Waals surface area contributed by atoms with Crippen molar-refractivity contribution in [2.45, 2.75) is 51.5 Å². The number of alkyl halides is 6. The van der Waals surface area contributed by atoms with E-state index in [4.69, 9.17) is 0 Å². The number of hydrogen-bond donors (Lipinski definition) is 1. The second kappa shape index (κ2) is 9.81. The van der Waals surface area contributed by atoms with E-state index in [1.54, 1.807) is 6.08 Å². The standard InChI is InChI=1S/C28H30F6N2/c1-7-22(18(3)26(5)13-8-14-36(26)6)19(4)35-25-12-10-21(27(29,30)31)16-23(25)20-9-11-24(17(2)15-20)28(32,33)34/h7,9-12,15-16,35H,1,4,8,13-14H2,2-3,5-6H3/b22-18+. The topological polar surface area (TPSA) is 15.3 Å². The molecule has 1 atom stereocenters. The SMILES string of the molecule is C=C/C(C(=C)Nc1ccc(C(F)(F)F)cc1-c1ccc(C(F)(F)F)c(C)c1)=C(/C)C1(C)CCCN1C. The first-order chi connectivity index (χ1) is 16.6. The van der Waals surface area contributed by atoms with E-state index < -0.39 is 23.5 Å². The molecule has 8 heteroatoms. The first-order valence-electron chi connectivity index (χ1n) is 11.5. The molecule has 1 fully saturated rings. The van der Waals surface area contributed by atoms with Crippen LogP contribution in [0.5, 0.6) is 0 Å². The second-order valence-corrected chi connectivity index (χ2v) is 9.43. The maximum absolute atomic E-state index is 13.5. The Morgan fingerprint density at radius 3 is 2.22 bits per heavy atom. The molecule has 0 bridgehead atoms. The summed E-state index contributed by atoms with van der Waals surface area (Å²) in [6, 6.07) is 6.47. The molecule has 2 aromatic rings. The number of benzene rings is 2. The smallest absolute Gasteiger partial charge is 0.355 e. The Bertz CT molecular complexity index is 1210. The predicted molar refractivity (Wildman–Crippen MR) is 133 cm³/mol. The van der Waals surface area contributed by atoms with Crippen LogP contribution in [0, 0.1) is 6.92 Å². The van der Waals surface area contributed by atoms with E-state index >= 15 is 0 Å². The first kappa shape index (κ1) is 27.6. The van der Waals surface area contributed by atoms with Gasteiger partial charge in [0, 0.05) is 22.5 Å². The normalized spacial score (nSPS) is 19.7. The van der Waals surface area contributed by atoms with E-state index in [0.29, 0.717) is 11.4 Å². The van der Waals surface area contributed by atoms with Gasteiger partial charge in [0.05, 0.1) is 11.1 Å². The van der Waals surface area contributed by atoms with Crippen molar-refractivity contribution in [1.29, 1.82) is 0 Å². The van der Waals surface area contributed by atoms with E-state index in [0.717, 1.165) is 48.7 Å².